The van der Waals surface area contributed by atoms with E-state index in [0.29, 0.717) is 0 Å². The summed E-state index contributed by atoms with van der Waals surface area (Å²) in [6.45, 7) is 17.3. The standard InChI is InChI=1S/2C6H12N2.6ClH.2Rb/c2*1-2-8-5-3-7(1)4-6-8;;;;;;;;/h2*1-6H2;6*1H;;/q;;;;;;;;2*+1/p-2. The normalized spacial score (nSPS) is 30.0. The average molecular weight is 612 g/mol. The number of rotatable bonds is 0. The van der Waals surface area contributed by atoms with E-state index in [2.05, 4.69) is 0 Å². The molecule has 140 valence electrons. The van der Waals surface area contributed by atoms with E-state index in [1.807, 2.05) is 19.6 Å². The van der Waals surface area contributed by atoms with Gasteiger partial charge in [-0.15, -0.1) is 0 Å². The summed E-state index contributed by atoms with van der Waals surface area (Å²) in [6, 6.07) is 0. The third kappa shape index (κ3) is 15.1. The number of fused-ring (bicyclic) bond motifs is 6. The maximum atomic E-state index is 1.85. The molecule has 0 aromatic heterocycles. The van der Waals surface area contributed by atoms with Crippen LogP contribution in [0.1, 0.15) is 0 Å². The molecule has 6 saturated heterocycles. The van der Waals surface area contributed by atoms with Crippen molar-refractivity contribution < 1.29 is 210 Å². The quantitative estimate of drug-likeness (QED) is 0.209. The fraction of sp³-hybridized carbons (Fsp3) is 1.00. The van der Waals surface area contributed by atoms with E-state index in [-0.39, 0.29) is 191 Å². The van der Waals surface area contributed by atoms with Gasteiger partial charge < -0.3 is 94.0 Å². The van der Waals surface area contributed by atoms with E-state index in [1.165, 1.54) is 78.5 Å². The maximum Gasteiger partial charge on any atom is 1.00 e. The van der Waals surface area contributed by atoms with Crippen LogP contribution in [0.15, 0.2) is 0 Å². The second kappa shape index (κ2) is 24.5. The fourth-order valence-corrected chi connectivity index (χ4v) is 3.62. The van der Waals surface area contributed by atoms with E-state index < -0.39 is 0 Å². The Bertz CT molecular complexity index is 176. The molecule has 6 aliphatic rings. The zero-order valence-corrected chi connectivity index (χ0v) is 29.1. The van der Waals surface area contributed by atoms with Crippen molar-refractivity contribution >= 4 is 0 Å². The number of nitrogens with one attached hydrogen (secondary N) is 4. The van der Waals surface area contributed by atoms with Gasteiger partial charge in [-0.1, -0.05) is 0 Å². The minimum absolute atomic E-state index is 0. The zero-order chi connectivity index (χ0) is 10.8. The summed E-state index contributed by atoms with van der Waals surface area (Å²) in [7, 11) is 0. The molecule has 0 unspecified atom stereocenters. The number of hydrogen-bond acceptors (Lipinski definition) is 0. The molecule has 6 rings (SSSR count). The third-order valence-corrected chi connectivity index (χ3v) is 4.99. The Labute approximate surface area is 282 Å². The van der Waals surface area contributed by atoms with Crippen LogP contribution in [0.25, 0.3) is 0 Å². The molecular weight excluding hydrogens is 584 g/mol. The van der Waals surface area contributed by atoms with Gasteiger partial charge >= 0.3 is 116 Å². The van der Waals surface area contributed by atoms with Gasteiger partial charge in [0.2, 0.25) is 0 Å². The van der Waals surface area contributed by atoms with Crippen LogP contribution in [0.5, 0.6) is 0 Å². The van der Waals surface area contributed by atoms with E-state index in [1.54, 1.807) is 0 Å². The Morgan fingerprint density at radius 2 is 0.333 bits per heavy atom. The molecule has 4 bridgehead atoms. The predicted octanol–water partition coefficient (Wildman–Crippen LogP) is -30.4. The molecular formula is C12H28Cl6N4Rb2. The molecule has 4 nitrogen and oxygen atoms in total. The first-order chi connectivity index (χ1) is 7.90. The molecule has 12 heteroatoms. The molecule has 0 aromatic rings. The summed E-state index contributed by atoms with van der Waals surface area (Å²) in [6.07, 6.45) is 0. The third-order valence-electron chi connectivity index (χ3n) is 4.99. The summed E-state index contributed by atoms with van der Waals surface area (Å²) < 4.78 is 0. The SMILES string of the molecule is C1C[NH+]2CC[NH+]1CC2.C1C[NH+]2CC[NH+]1CC2.[Cl-].[Cl-].[Cl-].[Cl-].[Cl-].[Cl-].[Rb+].[Rb+]. The van der Waals surface area contributed by atoms with Crippen molar-refractivity contribution in [3.05, 3.63) is 0 Å². The van der Waals surface area contributed by atoms with Crippen molar-refractivity contribution in [1.82, 2.24) is 0 Å². The van der Waals surface area contributed by atoms with Gasteiger partial charge in [0.05, 0.1) is 0 Å². The Hall–Kier alpha value is 5.19. The van der Waals surface area contributed by atoms with Crippen molar-refractivity contribution in [3.63, 3.8) is 0 Å². The fourth-order valence-electron chi connectivity index (χ4n) is 3.62. The van der Waals surface area contributed by atoms with Gasteiger partial charge in [0.1, 0.15) is 78.5 Å². The van der Waals surface area contributed by atoms with E-state index in [9.17, 15) is 0 Å². The molecule has 24 heavy (non-hydrogen) atoms. The Morgan fingerprint density at radius 1 is 0.250 bits per heavy atom. The number of halogens is 6. The zero-order valence-electron chi connectivity index (χ0n) is 14.8. The maximum absolute atomic E-state index is 1.85. The molecule has 0 saturated carbocycles. The molecule has 0 aliphatic carbocycles. The molecule has 0 spiro atoms. The first-order valence-electron chi connectivity index (χ1n) is 7.24. The van der Waals surface area contributed by atoms with Gasteiger partial charge in [-0.05, 0) is 0 Å². The molecule has 6 fully saturated rings. The van der Waals surface area contributed by atoms with Crippen LogP contribution in [-0.4, -0.2) is 78.5 Å². The summed E-state index contributed by atoms with van der Waals surface area (Å²) in [4.78, 5) is 7.39. The number of piperazine rings is 6. The van der Waals surface area contributed by atoms with Gasteiger partial charge in [-0.3, -0.25) is 0 Å². The molecule has 0 atom stereocenters. The van der Waals surface area contributed by atoms with Crippen LogP contribution in [0.3, 0.4) is 0 Å². The van der Waals surface area contributed by atoms with Crippen molar-refractivity contribution in [3.8, 4) is 0 Å². The van der Waals surface area contributed by atoms with Crippen molar-refractivity contribution in [1.29, 1.82) is 0 Å². The van der Waals surface area contributed by atoms with Crippen LogP contribution < -0.4 is 210 Å². The van der Waals surface area contributed by atoms with Gasteiger partial charge in [0.15, 0.2) is 0 Å². The average Bonchev–Trinajstić information content (AvgIpc) is 2.44. The Balaban J connectivity index is -0.0000000506. The van der Waals surface area contributed by atoms with Crippen LogP contribution in [-0.2, 0) is 0 Å². The number of quaternary nitrogens is 4. The topological polar surface area (TPSA) is 17.8 Å². The van der Waals surface area contributed by atoms with E-state index >= 15 is 0 Å². The second-order valence-corrected chi connectivity index (χ2v) is 6.00. The molecule has 4 N–H and O–H groups in total. The van der Waals surface area contributed by atoms with Crippen molar-refractivity contribution in [2.45, 2.75) is 0 Å². The van der Waals surface area contributed by atoms with Crippen LogP contribution in [0, 0.1) is 0 Å². The van der Waals surface area contributed by atoms with E-state index in [4.69, 9.17) is 0 Å². The summed E-state index contributed by atoms with van der Waals surface area (Å²) >= 11 is 0. The summed E-state index contributed by atoms with van der Waals surface area (Å²) in [5, 5.41) is 0. The van der Waals surface area contributed by atoms with Crippen LogP contribution in [0.4, 0.5) is 0 Å². The van der Waals surface area contributed by atoms with Gasteiger partial charge in [-0.25, -0.2) is 0 Å². The van der Waals surface area contributed by atoms with Crippen LogP contribution in [0.2, 0.25) is 0 Å². The van der Waals surface area contributed by atoms with Gasteiger partial charge in [-0.2, -0.15) is 0 Å². The minimum Gasteiger partial charge on any atom is -1.00 e. The minimum atomic E-state index is 0. The predicted molar refractivity (Wildman–Crippen MR) is 62.3 cm³/mol. The first kappa shape index (κ1) is 43.1. The second-order valence-electron chi connectivity index (χ2n) is 6.00. The van der Waals surface area contributed by atoms with Crippen molar-refractivity contribution in [2.75, 3.05) is 78.5 Å². The summed E-state index contributed by atoms with van der Waals surface area (Å²) in [5.74, 6) is 0. The van der Waals surface area contributed by atoms with Gasteiger partial charge in [0, 0.05) is 0 Å². The monoisotopic (exact) mass is 608 g/mol. The Kier molecular flexibility index (Phi) is 44.0. The molecule has 0 radical (unpaired) electrons. The first-order valence-corrected chi connectivity index (χ1v) is 7.24. The smallest absolute Gasteiger partial charge is 1.00 e. The van der Waals surface area contributed by atoms with E-state index in [0.717, 1.165) is 0 Å². The largest absolute Gasteiger partial charge is 1.00 e. The number of hydrogen-bond donors (Lipinski definition) is 4. The summed E-state index contributed by atoms with van der Waals surface area (Å²) in [5.41, 5.74) is 0. The molecule has 6 aliphatic heterocycles. The van der Waals surface area contributed by atoms with Crippen molar-refractivity contribution in [2.24, 2.45) is 0 Å². The molecule has 0 aromatic carbocycles. The van der Waals surface area contributed by atoms with Crippen LogP contribution >= 0.6 is 0 Å². The Morgan fingerprint density at radius 3 is 0.375 bits per heavy atom. The molecule has 0 amide bonds. The van der Waals surface area contributed by atoms with Gasteiger partial charge in [0.25, 0.3) is 0 Å². The molecule has 6 heterocycles.